The number of hydrogen-bond acceptors (Lipinski definition) is 29. The Bertz CT molecular complexity index is 6100. The number of ether oxygens (including phenoxy) is 6. The molecule has 0 unspecified atom stereocenters. The first kappa shape index (κ1) is 118. The van der Waals surface area contributed by atoms with E-state index < -0.39 is 35.6 Å². The first-order valence-corrected chi connectivity index (χ1v) is 54.8. The summed E-state index contributed by atoms with van der Waals surface area (Å²) in [4.78, 5) is 55.3. The lowest BCUT2D eigenvalue weighted by Gasteiger charge is -2.32. The van der Waals surface area contributed by atoms with Crippen molar-refractivity contribution in [3.05, 3.63) is 231 Å². The number of carbonyl (C=O) groups excluding carboxylic acids is 1. The minimum Gasteiger partial charge on any atom is -0.502 e. The molecule has 18 rings (SSSR count). The van der Waals surface area contributed by atoms with Crippen LogP contribution in [0.3, 0.4) is 0 Å². The maximum Gasteiger partial charge on any atom is 0.494 e. The van der Waals surface area contributed by atoms with Crippen LogP contribution < -0.4 is 61.0 Å². The van der Waals surface area contributed by atoms with Crippen LogP contribution in [-0.4, -0.2) is 192 Å². The van der Waals surface area contributed by atoms with Crippen molar-refractivity contribution < 1.29 is 76.1 Å². The summed E-state index contributed by atoms with van der Waals surface area (Å²) in [6.07, 6.45) is 12.4. The van der Waals surface area contributed by atoms with Gasteiger partial charge in [-0.05, 0) is 298 Å². The number of nitro benzene ring substituents is 2. The van der Waals surface area contributed by atoms with Crippen molar-refractivity contribution in [2.24, 2.45) is 4.99 Å². The minimum absolute atomic E-state index is 0.0149. The summed E-state index contributed by atoms with van der Waals surface area (Å²) in [6.45, 7) is 36.8. The van der Waals surface area contributed by atoms with Gasteiger partial charge in [-0.3, -0.25) is 30.3 Å². The van der Waals surface area contributed by atoms with Crippen LogP contribution in [0.2, 0.25) is 5.28 Å². The molecule has 0 spiro atoms. The van der Waals surface area contributed by atoms with E-state index in [1.807, 2.05) is 185 Å². The molecule has 0 atom stereocenters. The van der Waals surface area contributed by atoms with Gasteiger partial charge < -0.3 is 88.5 Å². The van der Waals surface area contributed by atoms with Gasteiger partial charge in [0.05, 0.1) is 123 Å². The van der Waals surface area contributed by atoms with Crippen molar-refractivity contribution in [1.29, 1.82) is 0 Å². The molecule has 8 N–H and O–H groups in total. The third-order valence-corrected chi connectivity index (χ3v) is 27.8. The van der Waals surface area contributed by atoms with E-state index in [2.05, 4.69) is 218 Å². The number of nitrogens with two attached hydrogens (primary N) is 1. The number of nitrogens with zero attached hydrogens (tertiary/aromatic N) is 9. The summed E-state index contributed by atoms with van der Waals surface area (Å²) in [5.41, 5.74) is 13.1. The topological polar surface area (TPSA) is 404 Å². The number of aromatic nitrogens is 6. The van der Waals surface area contributed by atoms with Gasteiger partial charge >= 0.3 is 38.6 Å². The average Bonchev–Trinajstić information content (AvgIpc) is 1.60. The maximum absolute atomic E-state index is 12.7. The molecule has 0 saturated carbocycles. The Morgan fingerprint density at radius 2 is 1.06 bits per heavy atom. The van der Waals surface area contributed by atoms with E-state index in [-0.39, 0.29) is 63.1 Å². The number of halogens is 9. The summed E-state index contributed by atoms with van der Waals surface area (Å²) in [7, 11) is -1.28. The van der Waals surface area contributed by atoms with E-state index in [1.165, 1.54) is 41.8 Å². The third kappa shape index (κ3) is 35.1. The van der Waals surface area contributed by atoms with Gasteiger partial charge in [0, 0.05) is 112 Å². The second-order valence-electron chi connectivity index (χ2n) is 37.2. The highest BCUT2D eigenvalue weighted by atomic mass is 79.9. The van der Waals surface area contributed by atoms with Crippen LogP contribution >= 0.6 is 139 Å². The van der Waals surface area contributed by atoms with Gasteiger partial charge in [0.15, 0.2) is 17.3 Å². The van der Waals surface area contributed by atoms with Crippen LogP contribution in [-0.2, 0) is 39.2 Å². The van der Waals surface area contributed by atoms with Crippen molar-refractivity contribution >= 4 is 246 Å². The second-order valence-corrected chi connectivity index (χ2v) is 44.4. The van der Waals surface area contributed by atoms with Gasteiger partial charge in [-0.1, -0.05) is 140 Å². The SMILES string of the molecule is BrCCCBr.Brc1ccc2c(c1)NCCCO2.CC(C)(C)OC(=O)N(c1ccc2c(c1)C=NC2)c1ccnc(Cl)n1.CC1(C)OB(B2OC(C)(C)C(C)(C)O2)OC1(C)C.CC1(C)OB(c2ccc3c(c2)NCCCO3)OC1(C)C.Nc1cc(Br)ccc1OCCCBr.O=[N+]([O-])c1cc(Br)ccc1O.O=[N+]([O-])c1cc(Br)ccc1OCCCBr.c1cc(Nc2ccc3[nH]ncc3c2)nc(-c2ccc3c(c2)NCCCO3)n1. The third-order valence-electron chi connectivity index (χ3n) is 23.4. The van der Waals surface area contributed by atoms with Crippen molar-refractivity contribution in [2.45, 2.75) is 188 Å². The molecule has 3 aromatic heterocycles. The smallest absolute Gasteiger partial charge is 0.494 e. The van der Waals surface area contributed by atoms with Crippen molar-refractivity contribution in [2.75, 3.05) is 106 Å². The molecule has 10 heterocycles. The number of hydrogen-bond donors (Lipinski definition) is 7. The highest BCUT2D eigenvalue weighted by Gasteiger charge is 2.64. The summed E-state index contributed by atoms with van der Waals surface area (Å²) >= 11 is 32.0. The van der Waals surface area contributed by atoms with Gasteiger partial charge in [0.2, 0.25) is 5.28 Å². The van der Waals surface area contributed by atoms with Crippen LogP contribution in [0.5, 0.6) is 34.5 Å². The van der Waals surface area contributed by atoms with Gasteiger partial charge in [-0.2, -0.15) is 10.1 Å². The minimum atomic E-state index is -0.639. The number of aromatic amines is 1. The molecule has 0 bridgehead atoms. The Morgan fingerprint density at radius 1 is 0.559 bits per heavy atom. The quantitative estimate of drug-likeness (QED) is 0.00752. The number of rotatable bonds is 19. The summed E-state index contributed by atoms with van der Waals surface area (Å²) in [5.74, 6) is 5.23. The number of H-pyrrole nitrogens is 1. The maximum atomic E-state index is 12.7. The molecular formula is C100H121B3Br8ClN15O18. The molecule has 3 fully saturated rings. The lowest BCUT2D eigenvalue weighted by Crippen LogP contribution is -2.41. The molecule has 33 nitrogen and oxygen atoms in total. The number of nitro groups is 2. The molecule has 11 aromatic rings. The number of amides is 1. The molecule has 3 saturated heterocycles. The number of carbonyl (C=O) groups is 1. The average molecular weight is 2530 g/mol. The molecule has 45 heteroatoms. The van der Waals surface area contributed by atoms with Crippen LogP contribution in [0.4, 0.5) is 61.9 Å². The lowest BCUT2D eigenvalue weighted by atomic mass is 9.49. The van der Waals surface area contributed by atoms with E-state index in [1.54, 1.807) is 36.8 Å². The zero-order chi connectivity index (χ0) is 106. The molecule has 145 heavy (non-hydrogen) atoms. The number of phenolic OH excluding ortho intramolecular Hbond substituents is 1. The predicted molar refractivity (Wildman–Crippen MR) is 606 cm³/mol. The summed E-state index contributed by atoms with van der Waals surface area (Å²) in [6, 6.07) is 47.7. The molecule has 8 aromatic carbocycles. The molecule has 0 radical (unpaired) electrons. The highest BCUT2D eigenvalue weighted by molar-refractivity contribution is 9.11. The first-order valence-electron chi connectivity index (χ1n) is 46.8. The Hall–Kier alpha value is -8.99. The normalized spacial score (nSPS) is 16.0. The van der Waals surface area contributed by atoms with E-state index in [0.29, 0.717) is 57.5 Å². The van der Waals surface area contributed by atoms with Crippen molar-refractivity contribution in [1.82, 2.24) is 30.1 Å². The number of fused-ring (bicyclic) bond motifs is 5. The number of alkyl halides is 4. The monoisotopic (exact) mass is 2520 g/mol. The first-order chi connectivity index (χ1) is 68.7. The van der Waals surface area contributed by atoms with Gasteiger partial charge in [0.25, 0.3) is 0 Å². The second kappa shape index (κ2) is 55.0. The van der Waals surface area contributed by atoms with Crippen molar-refractivity contribution in [3.8, 4) is 45.9 Å². The molecule has 0 aliphatic carbocycles. The number of anilines is 8. The standard InChI is InChI=1S/C20H18N6O.C17H17ClN4O2.C15H22BNO3.C12H24B2O4.C9H9Br2NO3.C9H11Br2NO.C9H10BrNO.C6H4BrNO3.C3H6Br2/c1-7-21-17-11-13(2-5-18(17)27-9-1)20-22-8-6-19(25-20)24-15-3-4-16-14(10-15)12-23-26-16;1-17(2,3)24-16(23)22(14-6-7-20-15(18)21-14)13-5-4-11-9-19-10-12(11)8-13;1-14(2)15(3,4)20-16(19-14)11-6-7-13-12(10-11)17-8-5-9-18-13;1-9(2)10(3,4)16-13(15-9)14-17-11(5,6)12(7,8)18-14;10-4-1-5-15-9-3-2-7(11)6-8(9)12(13)14;10-4-1-5-13-9-3-2-7(11)6-8(9)12;10-7-2-3-9-8(6-7)11-4-1-5-12-9;7-4-1-2-6(9)5(3-4)8(10)11;4-2-1-3-5/h2-6,8,10-12,21H,1,7,9H2,(H,23,26)(H,22,24,25);4-8,10H,9H2,1-3H3;6-7,10,17H,5,8-9H2,1-4H3;1-8H3;2-3,6H,1,4-5H2;2-3,6H,1,4-5,12H2;2-3,6,11H,1,4-5H2;1-3,9H;1-3H2. The largest absolute Gasteiger partial charge is 0.502 e. The zero-order valence-corrected chi connectivity index (χ0v) is 96.8. The number of nitrogen functional groups attached to an aromatic ring is 1. The van der Waals surface area contributed by atoms with Crippen LogP contribution in [0.15, 0.2) is 199 Å². The van der Waals surface area contributed by atoms with E-state index >= 15 is 0 Å². The fourth-order valence-electron chi connectivity index (χ4n) is 13.7. The van der Waals surface area contributed by atoms with Crippen LogP contribution in [0, 0.1) is 20.2 Å². The lowest BCUT2D eigenvalue weighted by molar-refractivity contribution is -0.386. The Balaban J connectivity index is 0.000000172. The predicted octanol–water partition coefficient (Wildman–Crippen LogP) is 26.1. The molecule has 1 amide bonds. The van der Waals surface area contributed by atoms with E-state index in [4.69, 9.17) is 78.8 Å². The fourth-order valence-corrected chi connectivity index (χ4v) is 17.0. The van der Waals surface area contributed by atoms with Gasteiger partial charge in [-0.25, -0.2) is 24.6 Å². The zero-order valence-electron chi connectivity index (χ0n) is 83.4. The Labute approximate surface area is 919 Å². The van der Waals surface area contributed by atoms with Crippen molar-refractivity contribution in [3.63, 3.8) is 0 Å². The number of aliphatic imine (C=N–C) groups is 1. The summed E-state index contributed by atoms with van der Waals surface area (Å²) < 4.78 is 72.6. The highest BCUT2D eigenvalue weighted by Crippen LogP contribution is 2.45. The van der Waals surface area contributed by atoms with E-state index in [0.717, 1.165) is 186 Å². The Kier molecular flexibility index (Phi) is 44.7. The number of phenols is 1. The summed E-state index contributed by atoms with van der Waals surface area (Å²) in [5, 5.41) is 55.4. The van der Waals surface area contributed by atoms with Gasteiger partial charge in [0.1, 0.15) is 40.2 Å². The number of aromatic hydroxyl groups is 1. The number of nitrogens with one attached hydrogen (secondary N) is 5. The van der Waals surface area contributed by atoms with Crippen LogP contribution in [0.25, 0.3) is 22.3 Å². The Morgan fingerprint density at radius 3 is 1.59 bits per heavy atom. The molecule has 7 aliphatic heterocycles. The van der Waals surface area contributed by atoms with Crippen LogP contribution in [0.1, 0.15) is 154 Å². The molecule has 7 aliphatic rings. The van der Waals surface area contributed by atoms with E-state index in [9.17, 15) is 25.0 Å². The number of benzene rings is 8. The molecule has 776 valence electrons. The molecular weight excluding hydrogens is 2410 g/mol. The van der Waals surface area contributed by atoms with Gasteiger partial charge in [-0.15, -0.1) is 0 Å². The fraction of sp³-hybridized carbons (Fsp3) is 0.410.